The topological polar surface area (TPSA) is 57.5 Å². The van der Waals surface area contributed by atoms with E-state index in [9.17, 15) is 9.59 Å². The molecule has 0 fully saturated rings. The zero-order chi connectivity index (χ0) is 20.3. The summed E-state index contributed by atoms with van der Waals surface area (Å²) in [5, 5.41) is 0. The number of esters is 1. The van der Waals surface area contributed by atoms with Gasteiger partial charge in [0.05, 0.1) is 12.7 Å². The molecule has 0 aliphatic rings. The summed E-state index contributed by atoms with van der Waals surface area (Å²) >= 11 is 2.07. The maximum absolute atomic E-state index is 12.7. The Kier molecular flexibility index (Phi) is 6.18. The molecule has 0 spiro atoms. The third-order valence-corrected chi connectivity index (χ3v) is 5.43. The first-order valence-corrected chi connectivity index (χ1v) is 9.78. The molecular formula is C22H20INO4. The predicted molar refractivity (Wildman–Crippen MR) is 116 cm³/mol. The minimum Gasteiger partial charge on any atom is -0.497 e. The molecule has 28 heavy (non-hydrogen) atoms. The first-order chi connectivity index (χ1) is 13.4. The maximum Gasteiger partial charge on any atom is 0.339 e. The van der Waals surface area contributed by atoms with Gasteiger partial charge in [-0.3, -0.25) is 4.79 Å². The molecule has 0 N–H and O–H groups in total. The maximum atomic E-state index is 12.7. The number of ether oxygens (including phenoxy) is 2. The van der Waals surface area contributed by atoms with E-state index in [0.29, 0.717) is 11.1 Å². The van der Waals surface area contributed by atoms with Crippen LogP contribution in [0.2, 0.25) is 0 Å². The van der Waals surface area contributed by atoms with E-state index >= 15 is 0 Å². The standard InChI is InChI=1S/C22H20INO4/c1-14-12-19(15(2)24(14)16-8-10-17(27-3)11-9-16)21(25)13-28-22(26)18-6-4-5-7-20(18)23/h4-12H,13H2,1-3H3. The molecule has 1 aromatic heterocycles. The lowest BCUT2D eigenvalue weighted by molar-refractivity contribution is 0.0473. The molecule has 0 amide bonds. The van der Waals surface area contributed by atoms with Crippen LogP contribution in [0.1, 0.15) is 32.1 Å². The van der Waals surface area contributed by atoms with Gasteiger partial charge in [-0.15, -0.1) is 0 Å². The fourth-order valence-electron chi connectivity index (χ4n) is 3.09. The Balaban J connectivity index is 1.77. The van der Waals surface area contributed by atoms with Gasteiger partial charge in [0, 0.05) is 26.2 Å². The second kappa shape index (κ2) is 8.60. The summed E-state index contributed by atoms with van der Waals surface area (Å²) in [5.41, 5.74) is 3.67. The highest BCUT2D eigenvalue weighted by atomic mass is 127. The van der Waals surface area contributed by atoms with E-state index < -0.39 is 5.97 Å². The minimum absolute atomic E-state index is 0.229. The zero-order valence-electron chi connectivity index (χ0n) is 15.9. The van der Waals surface area contributed by atoms with E-state index in [0.717, 1.165) is 26.4 Å². The Labute approximate surface area is 177 Å². The summed E-state index contributed by atoms with van der Waals surface area (Å²) < 4.78 is 13.2. The summed E-state index contributed by atoms with van der Waals surface area (Å²) in [6, 6.07) is 16.6. The highest BCUT2D eigenvalue weighted by Gasteiger charge is 2.19. The van der Waals surface area contributed by atoms with Crippen molar-refractivity contribution in [2.75, 3.05) is 13.7 Å². The highest BCUT2D eigenvalue weighted by molar-refractivity contribution is 14.1. The molecule has 6 heteroatoms. The summed E-state index contributed by atoms with van der Waals surface area (Å²) in [6.07, 6.45) is 0. The van der Waals surface area contributed by atoms with Gasteiger partial charge in [0.1, 0.15) is 5.75 Å². The van der Waals surface area contributed by atoms with Gasteiger partial charge in [-0.05, 0) is 78.9 Å². The SMILES string of the molecule is COc1ccc(-n2c(C)cc(C(=O)COC(=O)c3ccccc3I)c2C)cc1. The molecule has 3 aromatic rings. The van der Waals surface area contributed by atoms with E-state index in [1.165, 1.54) is 0 Å². The number of halogens is 1. The average molecular weight is 489 g/mol. The molecule has 3 rings (SSSR count). The molecule has 2 aromatic carbocycles. The number of carbonyl (C=O) groups excluding carboxylic acids is 2. The van der Waals surface area contributed by atoms with Crippen molar-refractivity contribution >= 4 is 34.3 Å². The van der Waals surface area contributed by atoms with E-state index in [1.54, 1.807) is 19.2 Å². The molecule has 5 nitrogen and oxygen atoms in total. The number of hydrogen-bond acceptors (Lipinski definition) is 4. The quantitative estimate of drug-likeness (QED) is 0.285. The molecule has 0 atom stereocenters. The highest BCUT2D eigenvalue weighted by Crippen LogP contribution is 2.23. The van der Waals surface area contributed by atoms with Crippen molar-refractivity contribution < 1.29 is 19.1 Å². The van der Waals surface area contributed by atoms with Crippen LogP contribution in [0.5, 0.6) is 5.75 Å². The molecule has 0 radical (unpaired) electrons. The average Bonchev–Trinajstić information content (AvgIpc) is 3.00. The van der Waals surface area contributed by atoms with Crippen LogP contribution in [0.15, 0.2) is 54.6 Å². The molecule has 0 unspecified atom stereocenters. The lowest BCUT2D eigenvalue weighted by atomic mass is 10.1. The molecule has 0 saturated heterocycles. The molecular weight excluding hydrogens is 469 g/mol. The van der Waals surface area contributed by atoms with Crippen molar-refractivity contribution in [1.82, 2.24) is 4.57 Å². The lowest BCUT2D eigenvalue weighted by Crippen LogP contribution is -2.15. The van der Waals surface area contributed by atoms with Crippen LogP contribution in [0.3, 0.4) is 0 Å². The molecule has 0 aliphatic carbocycles. The van der Waals surface area contributed by atoms with Crippen molar-refractivity contribution in [3.63, 3.8) is 0 Å². The first kappa shape index (κ1) is 20.1. The summed E-state index contributed by atoms with van der Waals surface area (Å²) in [6.45, 7) is 3.52. The second-order valence-electron chi connectivity index (χ2n) is 6.30. The van der Waals surface area contributed by atoms with Crippen LogP contribution in [-0.4, -0.2) is 30.0 Å². The molecule has 0 bridgehead atoms. The largest absolute Gasteiger partial charge is 0.497 e. The Morgan fingerprint density at radius 2 is 1.68 bits per heavy atom. The van der Waals surface area contributed by atoms with Gasteiger partial charge in [-0.1, -0.05) is 12.1 Å². The van der Waals surface area contributed by atoms with E-state index in [1.807, 2.05) is 60.9 Å². The normalized spacial score (nSPS) is 10.6. The summed E-state index contributed by atoms with van der Waals surface area (Å²) in [5.74, 6) is 0.0411. The van der Waals surface area contributed by atoms with Crippen molar-refractivity contribution in [2.24, 2.45) is 0 Å². The number of Topliss-reactive ketones (excluding diaryl/α,β-unsaturated/α-hetero) is 1. The summed E-state index contributed by atoms with van der Waals surface area (Å²) in [4.78, 5) is 24.9. The van der Waals surface area contributed by atoms with Gasteiger partial charge < -0.3 is 14.0 Å². The van der Waals surface area contributed by atoms with Gasteiger partial charge in [-0.2, -0.15) is 0 Å². The summed E-state index contributed by atoms with van der Waals surface area (Å²) in [7, 11) is 1.62. The Bertz CT molecular complexity index is 1020. The Morgan fingerprint density at radius 1 is 1.00 bits per heavy atom. The van der Waals surface area contributed by atoms with E-state index in [2.05, 4.69) is 22.6 Å². The molecule has 0 aliphatic heterocycles. The minimum atomic E-state index is -0.498. The van der Waals surface area contributed by atoms with Crippen LogP contribution in [0, 0.1) is 17.4 Å². The number of carbonyl (C=O) groups is 2. The monoisotopic (exact) mass is 489 g/mol. The number of rotatable bonds is 6. The van der Waals surface area contributed by atoms with Gasteiger partial charge in [0.2, 0.25) is 5.78 Å². The Hall–Kier alpha value is -2.61. The zero-order valence-corrected chi connectivity index (χ0v) is 18.0. The number of nitrogens with zero attached hydrogens (tertiary/aromatic N) is 1. The molecule has 0 saturated carbocycles. The Morgan fingerprint density at radius 3 is 2.32 bits per heavy atom. The van der Waals surface area contributed by atoms with Crippen LogP contribution in [0.4, 0.5) is 0 Å². The molecule has 144 valence electrons. The van der Waals surface area contributed by atoms with Crippen molar-refractivity contribution in [3.05, 3.63) is 80.7 Å². The third kappa shape index (κ3) is 4.11. The van der Waals surface area contributed by atoms with Crippen LogP contribution in [-0.2, 0) is 4.74 Å². The number of ketones is 1. The first-order valence-electron chi connectivity index (χ1n) is 8.70. The third-order valence-electron chi connectivity index (χ3n) is 4.49. The van der Waals surface area contributed by atoms with Crippen molar-refractivity contribution in [3.8, 4) is 11.4 Å². The number of hydrogen-bond donors (Lipinski definition) is 0. The second-order valence-corrected chi connectivity index (χ2v) is 7.46. The van der Waals surface area contributed by atoms with E-state index in [-0.39, 0.29) is 12.4 Å². The van der Waals surface area contributed by atoms with Crippen LogP contribution >= 0.6 is 22.6 Å². The predicted octanol–water partition coefficient (Wildman–Crippen LogP) is 4.75. The number of aromatic nitrogens is 1. The number of benzene rings is 2. The van der Waals surface area contributed by atoms with E-state index in [4.69, 9.17) is 9.47 Å². The van der Waals surface area contributed by atoms with Crippen molar-refractivity contribution in [2.45, 2.75) is 13.8 Å². The van der Waals surface area contributed by atoms with Crippen LogP contribution in [0.25, 0.3) is 5.69 Å². The van der Waals surface area contributed by atoms with Gasteiger partial charge in [-0.25, -0.2) is 4.79 Å². The number of aryl methyl sites for hydroxylation is 1. The van der Waals surface area contributed by atoms with Gasteiger partial charge in [0.25, 0.3) is 0 Å². The smallest absolute Gasteiger partial charge is 0.339 e. The van der Waals surface area contributed by atoms with Gasteiger partial charge >= 0.3 is 5.97 Å². The fraction of sp³-hybridized carbons (Fsp3) is 0.182. The fourth-order valence-corrected chi connectivity index (χ4v) is 3.69. The van der Waals surface area contributed by atoms with Gasteiger partial charge in [0.15, 0.2) is 6.61 Å². The van der Waals surface area contributed by atoms with Crippen LogP contribution < -0.4 is 4.74 Å². The number of methoxy groups -OCH3 is 1. The van der Waals surface area contributed by atoms with Crippen molar-refractivity contribution in [1.29, 1.82) is 0 Å². The molecule has 1 heterocycles. The lowest BCUT2D eigenvalue weighted by Gasteiger charge is -2.11.